The lowest BCUT2D eigenvalue weighted by Gasteiger charge is -2.46. The second-order valence-electron chi connectivity index (χ2n) is 5.16. The zero-order valence-corrected chi connectivity index (χ0v) is 11.1. The van der Waals surface area contributed by atoms with Gasteiger partial charge in [-0.1, -0.05) is 39.0 Å². The zero-order valence-electron chi connectivity index (χ0n) is 11.1. The minimum absolute atomic E-state index is 0.268. The molecule has 1 saturated heterocycles. The van der Waals surface area contributed by atoms with E-state index in [4.69, 9.17) is 4.74 Å². The van der Waals surface area contributed by atoms with Crippen molar-refractivity contribution in [2.24, 2.45) is 0 Å². The third-order valence-corrected chi connectivity index (χ3v) is 3.47. The second kappa shape index (κ2) is 8.03. The molecule has 4 heteroatoms. The van der Waals surface area contributed by atoms with Crippen LogP contribution in [0.25, 0.3) is 0 Å². The highest BCUT2D eigenvalue weighted by Gasteiger charge is 2.24. The van der Waals surface area contributed by atoms with E-state index in [1.165, 1.54) is 25.7 Å². The van der Waals surface area contributed by atoms with Gasteiger partial charge >= 0.3 is 0 Å². The summed E-state index contributed by atoms with van der Waals surface area (Å²) in [6.45, 7) is 4.59. The van der Waals surface area contributed by atoms with Crippen molar-refractivity contribution in [2.45, 2.75) is 51.6 Å². The van der Waals surface area contributed by atoms with Crippen molar-refractivity contribution in [3.63, 3.8) is 0 Å². The summed E-state index contributed by atoms with van der Waals surface area (Å²) in [5, 5.41) is 22.0. The molecule has 0 bridgehead atoms. The number of quaternary nitrogens is 1. The third kappa shape index (κ3) is 6.36. The van der Waals surface area contributed by atoms with E-state index in [0.717, 1.165) is 12.8 Å². The number of hydrogen-bond donors (Lipinski definition) is 1. The van der Waals surface area contributed by atoms with E-state index in [2.05, 4.69) is 6.92 Å². The lowest BCUT2D eigenvalue weighted by atomic mass is 10.1. The minimum Gasteiger partial charge on any atom is -0.633 e. The van der Waals surface area contributed by atoms with E-state index >= 15 is 0 Å². The molecule has 0 aromatic rings. The molecule has 1 aliphatic heterocycles. The summed E-state index contributed by atoms with van der Waals surface area (Å²) in [4.78, 5) is 0. The van der Waals surface area contributed by atoms with Gasteiger partial charge in [0, 0.05) is 0 Å². The van der Waals surface area contributed by atoms with E-state index in [0.29, 0.717) is 32.8 Å². The van der Waals surface area contributed by atoms with Gasteiger partial charge in [-0.3, -0.25) is 0 Å². The van der Waals surface area contributed by atoms with Gasteiger partial charge in [0.15, 0.2) is 0 Å². The molecule has 1 unspecified atom stereocenters. The Balaban J connectivity index is 2.08. The fourth-order valence-corrected chi connectivity index (χ4v) is 2.32. The van der Waals surface area contributed by atoms with Crippen LogP contribution >= 0.6 is 0 Å². The Kier molecular flexibility index (Phi) is 7.04. The van der Waals surface area contributed by atoms with E-state index in [9.17, 15) is 10.3 Å². The molecule has 0 saturated carbocycles. The predicted molar refractivity (Wildman–Crippen MR) is 68.4 cm³/mol. The Morgan fingerprint density at radius 2 is 1.82 bits per heavy atom. The fourth-order valence-electron chi connectivity index (χ4n) is 2.32. The topological polar surface area (TPSA) is 52.5 Å². The average Bonchev–Trinajstić information content (AvgIpc) is 2.29. The predicted octanol–water partition coefficient (Wildman–Crippen LogP) is 2.05. The molecule has 1 aliphatic rings. The first-order chi connectivity index (χ1) is 8.16. The molecule has 0 amide bonds. The molecular weight excluding hydrogens is 218 g/mol. The van der Waals surface area contributed by atoms with E-state index < -0.39 is 6.10 Å². The largest absolute Gasteiger partial charge is 0.633 e. The van der Waals surface area contributed by atoms with Crippen LogP contribution in [0.15, 0.2) is 0 Å². The number of rotatable bonds is 8. The molecule has 1 fully saturated rings. The van der Waals surface area contributed by atoms with Crippen LogP contribution in [0.1, 0.15) is 45.4 Å². The molecule has 0 spiro atoms. The highest BCUT2D eigenvalue weighted by atomic mass is 16.6. The number of morpholine rings is 1. The third-order valence-electron chi connectivity index (χ3n) is 3.47. The van der Waals surface area contributed by atoms with Crippen molar-refractivity contribution in [3.8, 4) is 0 Å². The number of aliphatic hydroxyl groups is 1. The van der Waals surface area contributed by atoms with Crippen molar-refractivity contribution in [1.82, 2.24) is 0 Å². The second-order valence-corrected chi connectivity index (χ2v) is 5.16. The van der Waals surface area contributed by atoms with Crippen LogP contribution in [0.4, 0.5) is 0 Å². The van der Waals surface area contributed by atoms with Crippen molar-refractivity contribution < 1.29 is 14.5 Å². The molecule has 0 aliphatic carbocycles. The molecule has 1 N–H and O–H groups in total. The number of unbranched alkanes of at least 4 members (excludes halogenated alkanes) is 4. The molecular formula is C13H27NO3. The SMILES string of the molecule is CCCCCCCC(O)C[N+]1([O-])CCOCC1. The van der Waals surface area contributed by atoms with Crippen molar-refractivity contribution in [2.75, 3.05) is 32.8 Å². The Labute approximate surface area is 105 Å². The van der Waals surface area contributed by atoms with Crippen LogP contribution in [0.2, 0.25) is 0 Å². The molecule has 17 heavy (non-hydrogen) atoms. The highest BCUT2D eigenvalue weighted by molar-refractivity contribution is 4.59. The summed E-state index contributed by atoms with van der Waals surface area (Å²) in [5.74, 6) is 0. The first-order valence-corrected chi connectivity index (χ1v) is 6.99. The van der Waals surface area contributed by atoms with Gasteiger partial charge in [0.05, 0.1) is 13.2 Å². The summed E-state index contributed by atoms with van der Waals surface area (Å²) < 4.78 is 4.91. The molecule has 4 nitrogen and oxygen atoms in total. The minimum atomic E-state index is -0.438. The molecule has 1 rings (SSSR count). The van der Waals surface area contributed by atoms with Gasteiger partial charge in [-0.15, -0.1) is 0 Å². The van der Waals surface area contributed by atoms with Gasteiger partial charge in [0.25, 0.3) is 0 Å². The first-order valence-electron chi connectivity index (χ1n) is 6.99. The van der Waals surface area contributed by atoms with Gasteiger partial charge in [-0.2, -0.15) is 0 Å². The first kappa shape index (κ1) is 14.9. The average molecular weight is 245 g/mol. The standard InChI is InChI=1S/C13H27NO3/c1-2-3-4-5-6-7-13(15)12-14(16)8-10-17-11-9-14/h13,15H,2-12H2,1H3. The Bertz CT molecular complexity index is 193. The van der Waals surface area contributed by atoms with Gasteiger partial charge in [0.1, 0.15) is 25.7 Å². The number of nitrogens with zero attached hydrogens (tertiary/aromatic N) is 1. The summed E-state index contributed by atoms with van der Waals surface area (Å²) in [6, 6.07) is 0. The van der Waals surface area contributed by atoms with Crippen LogP contribution in [0.3, 0.4) is 0 Å². The number of hydrogen-bond acceptors (Lipinski definition) is 3. The van der Waals surface area contributed by atoms with Crippen LogP contribution < -0.4 is 0 Å². The molecule has 0 aromatic carbocycles. The molecule has 1 heterocycles. The van der Waals surface area contributed by atoms with Crippen LogP contribution in [0.5, 0.6) is 0 Å². The maximum Gasteiger partial charge on any atom is 0.105 e. The Hall–Kier alpha value is -0.160. The van der Waals surface area contributed by atoms with E-state index in [-0.39, 0.29) is 4.65 Å². The summed E-state index contributed by atoms with van der Waals surface area (Å²) in [6.07, 6.45) is 6.30. The molecule has 102 valence electrons. The number of ether oxygens (including phenoxy) is 1. The van der Waals surface area contributed by atoms with Crippen molar-refractivity contribution in [3.05, 3.63) is 5.21 Å². The Morgan fingerprint density at radius 3 is 2.47 bits per heavy atom. The lowest BCUT2D eigenvalue weighted by molar-refractivity contribution is -0.891. The van der Waals surface area contributed by atoms with E-state index in [1.54, 1.807) is 0 Å². The maximum absolute atomic E-state index is 12.2. The van der Waals surface area contributed by atoms with Gasteiger partial charge in [-0.05, 0) is 6.42 Å². The van der Waals surface area contributed by atoms with Gasteiger partial charge < -0.3 is 19.7 Å². The quantitative estimate of drug-likeness (QED) is 0.404. The van der Waals surface area contributed by atoms with Crippen LogP contribution in [-0.4, -0.2) is 48.7 Å². The number of hydroxylamine groups is 3. The van der Waals surface area contributed by atoms with Crippen molar-refractivity contribution in [1.29, 1.82) is 0 Å². The normalized spacial score (nSPS) is 21.4. The van der Waals surface area contributed by atoms with Crippen LogP contribution in [-0.2, 0) is 4.74 Å². The molecule has 1 atom stereocenters. The fraction of sp³-hybridized carbons (Fsp3) is 1.00. The van der Waals surface area contributed by atoms with Gasteiger partial charge in [0.2, 0.25) is 0 Å². The molecule has 0 radical (unpaired) electrons. The Morgan fingerprint density at radius 1 is 1.18 bits per heavy atom. The smallest absolute Gasteiger partial charge is 0.105 e. The highest BCUT2D eigenvalue weighted by Crippen LogP contribution is 2.14. The van der Waals surface area contributed by atoms with E-state index in [1.807, 2.05) is 0 Å². The zero-order chi connectivity index (χ0) is 12.6. The summed E-state index contributed by atoms with van der Waals surface area (Å²) in [5.41, 5.74) is 0. The summed E-state index contributed by atoms with van der Waals surface area (Å²) in [7, 11) is 0. The summed E-state index contributed by atoms with van der Waals surface area (Å²) >= 11 is 0. The maximum atomic E-state index is 12.2. The monoisotopic (exact) mass is 245 g/mol. The van der Waals surface area contributed by atoms with Crippen LogP contribution in [0, 0.1) is 5.21 Å². The molecule has 0 aromatic heterocycles. The van der Waals surface area contributed by atoms with Gasteiger partial charge in [-0.25, -0.2) is 0 Å². The van der Waals surface area contributed by atoms with Crippen molar-refractivity contribution >= 4 is 0 Å². The number of aliphatic hydroxyl groups excluding tert-OH is 1. The lowest BCUT2D eigenvalue weighted by Crippen LogP contribution is -2.53.